The molecule has 1 saturated heterocycles. The maximum absolute atomic E-state index is 13.2. The molecule has 2 rings (SSSR count). The highest BCUT2D eigenvalue weighted by molar-refractivity contribution is 14.0. The topological polar surface area (TPSA) is 61.8 Å². The second kappa shape index (κ2) is 8.98. The number of nitrogens with one attached hydrogen (secondary N) is 1. The molecular formula is C16H24BrFIN3O2S. The van der Waals surface area contributed by atoms with Crippen LogP contribution < -0.4 is 5.32 Å². The lowest BCUT2D eigenvalue weighted by Gasteiger charge is -2.39. The lowest BCUT2D eigenvalue weighted by atomic mass is 10.1. The Balaban J connectivity index is 0.00000312. The van der Waals surface area contributed by atoms with Crippen molar-refractivity contribution >= 4 is 55.7 Å². The molecule has 5 nitrogen and oxygen atoms in total. The SMILES string of the molecule is CN=C(NCCc1ccc(F)c(Br)c1)N1CCS(=O)(=O)C(C)(C)C1.I. The molecule has 142 valence electrons. The van der Waals surface area contributed by atoms with Crippen molar-refractivity contribution in [3.8, 4) is 0 Å². The highest BCUT2D eigenvalue weighted by Crippen LogP contribution is 2.23. The van der Waals surface area contributed by atoms with Gasteiger partial charge in [0.05, 0.1) is 15.0 Å². The van der Waals surface area contributed by atoms with Crippen LogP contribution in [-0.4, -0.2) is 56.5 Å². The van der Waals surface area contributed by atoms with E-state index in [1.165, 1.54) is 6.07 Å². The molecule has 1 N–H and O–H groups in total. The summed E-state index contributed by atoms with van der Waals surface area (Å²) in [5.74, 6) is 0.546. The number of hydrogen-bond donors (Lipinski definition) is 1. The molecule has 1 aromatic carbocycles. The maximum atomic E-state index is 13.2. The van der Waals surface area contributed by atoms with Crippen LogP contribution in [0.5, 0.6) is 0 Å². The van der Waals surface area contributed by atoms with Gasteiger partial charge in [0, 0.05) is 26.7 Å². The number of halogens is 3. The van der Waals surface area contributed by atoms with Crippen molar-refractivity contribution in [1.29, 1.82) is 0 Å². The van der Waals surface area contributed by atoms with Crippen molar-refractivity contribution < 1.29 is 12.8 Å². The van der Waals surface area contributed by atoms with E-state index in [1.807, 2.05) is 4.90 Å². The Morgan fingerprint density at radius 1 is 1.44 bits per heavy atom. The van der Waals surface area contributed by atoms with Gasteiger partial charge in [-0.3, -0.25) is 4.99 Å². The summed E-state index contributed by atoms with van der Waals surface area (Å²) in [5.41, 5.74) is 1.01. The Bertz CT molecular complexity index is 741. The van der Waals surface area contributed by atoms with Gasteiger partial charge in [-0.25, -0.2) is 12.8 Å². The minimum absolute atomic E-state index is 0. The molecule has 1 aliphatic heterocycles. The van der Waals surface area contributed by atoms with E-state index in [2.05, 4.69) is 26.2 Å². The maximum Gasteiger partial charge on any atom is 0.193 e. The number of sulfone groups is 1. The molecule has 1 aromatic rings. The first-order valence-corrected chi connectivity index (χ1v) is 10.2. The monoisotopic (exact) mass is 547 g/mol. The standard InChI is InChI=1S/C16H23BrFN3O2S.HI/c1-16(2)11-21(8-9-24(16,22)23)15(19-3)20-7-6-12-4-5-14(18)13(17)10-12;/h4-5,10H,6-9,11H2,1-3H3,(H,19,20);1H. The first kappa shape index (κ1) is 22.6. The number of rotatable bonds is 3. The van der Waals surface area contributed by atoms with Crippen LogP contribution in [-0.2, 0) is 16.3 Å². The summed E-state index contributed by atoms with van der Waals surface area (Å²) in [4.78, 5) is 6.23. The van der Waals surface area contributed by atoms with Gasteiger partial charge >= 0.3 is 0 Å². The number of hydrogen-bond acceptors (Lipinski definition) is 3. The van der Waals surface area contributed by atoms with E-state index in [1.54, 1.807) is 33.0 Å². The fourth-order valence-electron chi connectivity index (χ4n) is 2.67. The zero-order chi connectivity index (χ0) is 18.0. The second-order valence-corrected chi connectivity index (χ2v) is 10.1. The Labute approximate surface area is 174 Å². The largest absolute Gasteiger partial charge is 0.356 e. The van der Waals surface area contributed by atoms with Crippen molar-refractivity contribution in [2.45, 2.75) is 25.0 Å². The van der Waals surface area contributed by atoms with E-state index < -0.39 is 14.6 Å². The Morgan fingerprint density at radius 3 is 2.68 bits per heavy atom. The predicted molar refractivity (Wildman–Crippen MR) is 114 cm³/mol. The molecule has 0 amide bonds. The molecule has 0 radical (unpaired) electrons. The summed E-state index contributed by atoms with van der Waals surface area (Å²) < 4.78 is 37.1. The second-order valence-electron chi connectivity index (χ2n) is 6.47. The van der Waals surface area contributed by atoms with Gasteiger partial charge in [-0.15, -0.1) is 24.0 Å². The van der Waals surface area contributed by atoms with Crippen LogP contribution in [0.3, 0.4) is 0 Å². The van der Waals surface area contributed by atoms with Gasteiger partial charge in [-0.2, -0.15) is 0 Å². The van der Waals surface area contributed by atoms with Crippen LogP contribution in [0.2, 0.25) is 0 Å². The fourth-order valence-corrected chi connectivity index (χ4v) is 4.46. The third kappa shape index (κ3) is 5.53. The summed E-state index contributed by atoms with van der Waals surface area (Å²) in [6.07, 6.45) is 0.716. The average molecular weight is 548 g/mol. The van der Waals surface area contributed by atoms with Gasteiger partial charge in [0.15, 0.2) is 15.8 Å². The number of nitrogens with zero attached hydrogens (tertiary/aromatic N) is 2. The van der Waals surface area contributed by atoms with E-state index in [0.29, 0.717) is 36.5 Å². The Kier molecular flexibility index (Phi) is 8.13. The molecule has 0 spiro atoms. The fraction of sp³-hybridized carbons (Fsp3) is 0.562. The van der Waals surface area contributed by atoms with Crippen LogP contribution in [0.25, 0.3) is 0 Å². The van der Waals surface area contributed by atoms with Gasteiger partial charge in [-0.1, -0.05) is 6.07 Å². The molecule has 1 aliphatic rings. The summed E-state index contributed by atoms with van der Waals surface area (Å²) >= 11 is 3.18. The zero-order valence-electron chi connectivity index (χ0n) is 14.6. The summed E-state index contributed by atoms with van der Waals surface area (Å²) in [7, 11) is -1.39. The molecule has 0 aliphatic carbocycles. The zero-order valence-corrected chi connectivity index (χ0v) is 19.3. The number of aliphatic imine (C=N–C) groups is 1. The van der Waals surface area contributed by atoms with Gasteiger partial charge in [-0.05, 0) is 53.9 Å². The molecule has 25 heavy (non-hydrogen) atoms. The highest BCUT2D eigenvalue weighted by atomic mass is 127. The minimum atomic E-state index is -3.07. The first-order chi connectivity index (χ1) is 11.2. The number of guanidine groups is 1. The quantitative estimate of drug-likeness (QED) is 0.359. The van der Waals surface area contributed by atoms with Gasteiger partial charge < -0.3 is 10.2 Å². The molecule has 0 unspecified atom stereocenters. The first-order valence-electron chi connectivity index (χ1n) is 7.78. The third-order valence-electron chi connectivity index (χ3n) is 4.24. The summed E-state index contributed by atoms with van der Waals surface area (Å²) in [5, 5.41) is 3.26. The third-order valence-corrected chi connectivity index (χ3v) is 7.38. The van der Waals surface area contributed by atoms with E-state index in [0.717, 1.165) is 5.56 Å². The highest BCUT2D eigenvalue weighted by Gasteiger charge is 2.40. The van der Waals surface area contributed by atoms with Crippen LogP contribution in [0.15, 0.2) is 27.7 Å². The van der Waals surface area contributed by atoms with Crippen LogP contribution in [0.1, 0.15) is 19.4 Å². The van der Waals surface area contributed by atoms with Crippen molar-refractivity contribution in [1.82, 2.24) is 10.2 Å². The minimum Gasteiger partial charge on any atom is -0.356 e. The molecule has 0 atom stereocenters. The van der Waals surface area contributed by atoms with Crippen LogP contribution in [0, 0.1) is 5.82 Å². The van der Waals surface area contributed by atoms with Gasteiger partial charge in [0.25, 0.3) is 0 Å². The van der Waals surface area contributed by atoms with Crippen molar-refractivity contribution in [3.63, 3.8) is 0 Å². The smallest absolute Gasteiger partial charge is 0.193 e. The van der Waals surface area contributed by atoms with Gasteiger partial charge in [0.2, 0.25) is 0 Å². The van der Waals surface area contributed by atoms with E-state index >= 15 is 0 Å². The molecule has 0 bridgehead atoms. The van der Waals surface area contributed by atoms with Crippen molar-refractivity contribution in [3.05, 3.63) is 34.1 Å². The lowest BCUT2D eigenvalue weighted by Crippen LogP contribution is -2.57. The molecular weight excluding hydrogens is 524 g/mol. The lowest BCUT2D eigenvalue weighted by molar-refractivity contribution is 0.353. The summed E-state index contributed by atoms with van der Waals surface area (Å²) in [6, 6.07) is 4.95. The molecule has 1 fully saturated rings. The van der Waals surface area contributed by atoms with Crippen molar-refractivity contribution in [2.75, 3.05) is 32.4 Å². The van der Waals surface area contributed by atoms with Gasteiger partial charge in [0.1, 0.15) is 5.82 Å². The van der Waals surface area contributed by atoms with Crippen LogP contribution >= 0.6 is 39.9 Å². The molecule has 1 heterocycles. The molecule has 0 aromatic heterocycles. The van der Waals surface area contributed by atoms with Crippen LogP contribution in [0.4, 0.5) is 4.39 Å². The summed E-state index contributed by atoms with van der Waals surface area (Å²) in [6.45, 7) is 4.98. The van der Waals surface area contributed by atoms with Crippen molar-refractivity contribution in [2.24, 2.45) is 4.99 Å². The Hall–Kier alpha value is -0.420. The average Bonchev–Trinajstić information content (AvgIpc) is 2.50. The normalized spacial score (nSPS) is 19.2. The Morgan fingerprint density at radius 2 is 2.12 bits per heavy atom. The molecule has 9 heteroatoms. The van der Waals surface area contributed by atoms with E-state index in [4.69, 9.17) is 0 Å². The molecule has 0 saturated carbocycles. The van der Waals surface area contributed by atoms with E-state index in [9.17, 15) is 12.8 Å². The number of benzene rings is 1. The predicted octanol–water partition coefficient (Wildman–Crippen LogP) is 2.83. The van der Waals surface area contributed by atoms with E-state index in [-0.39, 0.29) is 35.5 Å².